The Balaban J connectivity index is 2.00. The molecular weight excluding hydrogens is 220 g/mol. The molecule has 0 N–H and O–H groups in total. The van der Waals surface area contributed by atoms with Crippen LogP contribution in [0.4, 0.5) is 0 Å². The van der Waals surface area contributed by atoms with Crippen molar-refractivity contribution >= 4 is 0 Å². The Morgan fingerprint density at radius 1 is 0.944 bits per heavy atom. The van der Waals surface area contributed by atoms with Gasteiger partial charge < -0.3 is 4.74 Å². The fourth-order valence-electron chi connectivity index (χ4n) is 3.05. The van der Waals surface area contributed by atoms with E-state index in [1.54, 1.807) is 0 Å². The molecule has 18 heavy (non-hydrogen) atoms. The van der Waals surface area contributed by atoms with Gasteiger partial charge in [0.1, 0.15) is 0 Å². The molecule has 0 saturated carbocycles. The van der Waals surface area contributed by atoms with Crippen LogP contribution < -0.4 is 0 Å². The Bertz CT molecular complexity index is 518. The van der Waals surface area contributed by atoms with Crippen molar-refractivity contribution in [2.24, 2.45) is 0 Å². The smallest absolute Gasteiger partial charge is 0.0892 e. The molecule has 2 atom stereocenters. The van der Waals surface area contributed by atoms with Gasteiger partial charge in [-0.3, -0.25) is 0 Å². The average molecular weight is 238 g/mol. The summed E-state index contributed by atoms with van der Waals surface area (Å²) in [6.45, 7) is 0. The number of hydrogen-bond acceptors (Lipinski definition) is 1. The van der Waals surface area contributed by atoms with Gasteiger partial charge in [-0.25, -0.2) is 0 Å². The fourth-order valence-corrected chi connectivity index (χ4v) is 3.05. The molecule has 0 bridgehead atoms. The molecule has 92 valence electrons. The highest BCUT2D eigenvalue weighted by Crippen LogP contribution is 2.42. The first-order chi connectivity index (χ1) is 8.90. The van der Waals surface area contributed by atoms with E-state index in [4.69, 9.17) is 4.74 Å². The van der Waals surface area contributed by atoms with Gasteiger partial charge in [0.15, 0.2) is 0 Å². The molecular formula is C17H18O. The van der Waals surface area contributed by atoms with Crippen LogP contribution in [0.1, 0.15) is 35.1 Å². The average Bonchev–Trinajstić information content (AvgIpc) is 2.47. The van der Waals surface area contributed by atoms with E-state index < -0.39 is 0 Å². The van der Waals surface area contributed by atoms with Gasteiger partial charge in [-0.2, -0.15) is 0 Å². The molecule has 0 aromatic heterocycles. The first-order valence-corrected chi connectivity index (χ1v) is 6.55. The van der Waals surface area contributed by atoms with Gasteiger partial charge in [0.2, 0.25) is 0 Å². The van der Waals surface area contributed by atoms with Gasteiger partial charge in [0.25, 0.3) is 0 Å². The fraction of sp³-hybridized carbons (Fsp3) is 0.294. The summed E-state index contributed by atoms with van der Waals surface area (Å²) in [7, 11) is 1.82. The Labute approximate surface area is 108 Å². The second kappa shape index (κ2) is 4.95. The Morgan fingerprint density at radius 3 is 2.44 bits per heavy atom. The monoisotopic (exact) mass is 238 g/mol. The number of ether oxygens (including phenoxy) is 1. The normalized spacial score (nSPS) is 22.5. The maximum absolute atomic E-state index is 5.78. The van der Waals surface area contributed by atoms with Crippen molar-refractivity contribution in [2.45, 2.75) is 24.9 Å². The van der Waals surface area contributed by atoms with E-state index in [2.05, 4.69) is 54.6 Å². The second-order valence-corrected chi connectivity index (χ2v) is 4.91. The molecule has 0 amide bonds. The van der Waals surface area contributed by atoms with Crippen LogP contribution in [0.2, 0.25) is 0 Å². The SMILES string of the molecule is COC1c2ccccc2CCC1c1ccccc1. The molecule has 1 heteroatoms. The molecule has 1 aliphatic rings. The molecule has 2 unspecified atom stereocenters. The van der Waals surface area contributed by atoms with Crippen LogP contribution in [-0.2, 0) is 11.2 Å². The maximum atomic E-state index is 5.78. The molecule has 3 rings (SSSR count). The van der Waals surface area contributed by atoms with Crippen LogP contribution in [-0.4, -0.2) is 7.11 Å². The number of hydrogen-bond donors (Lipinski definition) is 0. The molecule has 1 aliphatic carbocycles. The summed E-state index contributed by atoms with van der Waals surface area (Å²) < 4.78 is 5.78. The zero-order chi connectivity index (χ0) is 12.4. The van der Waals surface area contributed by atoms with Gasteiger partial charge in [0.05, 0.1) is 6.10 Å². The maximum Gasteiger partial charge on any atom is 0.0892 e. The van der Waals surface area contributed by atoms with Crippen molar-refractivity contribution in [2.75, 3.05) is 7.11 Å². The van der Waals surface area contributed by atoms with Gasteiger partial charge in [-0.05, 0) is 29.5 Å². The van der Waals surface area contributed by atoms with Gasteiger partial charge in [0, 0.05) is 13.0 Å². The zero-order valence-electron chi connectivity index (χ0n) is 10.7. The van der Waals surface area contributed by atoms with Crippen molar-refractivity contribution < 1.29 is 4.74 Å². The summed E-state index contributed by atoms with van der Waals surface area (Å²) in [6.07, 6.45) is 2.51. The lowest BCUT2D eigenvalue weighted by Gasteiger charge is -2.33. The largest absolute Gasteiger partial charge is 0.376 e. The van der Waals surface area contributed by atoms with Crippen molar-refractivity contribution in [3.63, 3.8) is 0 Å². The Morgan fingerprint density at radius 2 is 1.67 bits per heavy atom. The highest BCUT2D eigenvalue weighted by atomic mass is 16.5. The molecule has 0 saturated heterocycles. The van der Waals surface area contributed by atoms with E-state index in [0.29, 0.717) is 5.92 Å². The van der Waals surface area contributed by atoms with Crippen molar-refractivity contribution in [3.8, 4) is 0 Å². The highest BCUT2D eigenvalue weighted by molar-refractivity contribution is 5.36. The molecule has 0 aliphatic heterocycles. The summed E-state index contributed by atoms with van der Waals surface area (Å²) in [5, 5.41) is 0. The summed E-state index contributed by atoms with van der Waals surface area (Å²) in [5.74, 6) is 0.478. The van der Waals surface area contributed by atoms with Crippen molar-refractivity contribution in [1.82, 2.24) is 0 Å². The minimum absolute atomic E-state index is 0.192. The molecule has 0 radical (unpaired) electrons. The molecule has 1 nitrogen and oxygen atoms in total. The van der Waals surface area contributed by atoms with Crippen LogP contribution in [0, 0.1) is 0 Å². The number of methoxy groups -OCH3 is 1. The minimum atomic E-state index is 0.192. The van der Waals surface area contributed by atoms with Crippen LogP contribution in [0.15, 0.2) is 54.6 Å². The summed E-state index contributed by atoms with van der Waals surface area (Å²) in [4.78, 5) is 0. The van der Waals surface area contributed by atoms with Gasteiger partial charge in [-0.1, -0.05) is 54.6 Å². The first-order valence-electron chi connectivity index (χ1n) is 6.55. The Hall–Kier alpha value is -1.60. The van der Waals surface area contributed by atoms with Crippen molar-refractivity contribution in [3.05, 3.63) is 71.3 Å². The van der Waals surface area contributed by atoms with E-state index in [1.807, 2.05) is 7.11 Å². The summed E-state index contributed by atoms with van der Waals surface area (Å²) >= 11 is 0. The lowest BCUT2D eigenvalue weighted by molar-refractivity contribution is 0.0694. The predicted octanol–water partition coefficient (Wildman–Crippen LogP) is 4.10. The van der Waals surface area contributed by atoms with Crippen LogP contribution in [0.25, 0.3) is 0 Å². The highest BCUT2D eigenvalue weighted by Gasteiger charge is 2.30. The molecule has 2 aromatic carbocycles. The molecule has 0 fully saturated rings. The lowest BCUT2D eigenvalue weighted by Crippen LogP contribution is -2.20. The van der Waals surface area contributed by atoms with Gasteiger partial charge in [-0.15, -0.1) is 0 Å². The van der Waals surface area contributed by atoms with E-state index >= 15 is 0 Å². The summed E-state index contributed by atoms with van der Waals surface area (Å²) in [5.41, 5.74) is 4.19. The lowest BCUT2D eigenvalue weighted by atomic mass is 9.78. The number of aryl methyl sites for hydroxylation is 1. The van der Waals surface area contributed by atoms with E-state index in [9.17, 15) is 0 Å². The van der Waals surface area contributed by atoms with E-state index in [-0.39, 0.29) is 6.10 Å². The van der Waals surface area contributed by atoms with Crippen LogP contribution in [0.3, 0.4) is 0 Å². The number of fused-ring (bicyclic) bond motifs is 1. The first kappa shape index (κ1) is 11.5. The predicted molar refractivity (Wildman–Crippen MR) is 73.7 cm³/mol. The summed E-state index contributed by atoms with van der Waals surface area (Å²) in [6, 6.07) is 19.4. The van der Waals surface area contributed by atoms with Crippen LogP contribution in [0.5, 0.6) is 0 Å². The van der Waals surface area contributed by atoms with Crippen molar-refractivity contribution in [1.29, 1.82) is 0 Å². The quantitative estimate of drug-likeness (QED) is 0.765. The number of rotatable bonds is 2. The third kappa shape index (κ3) is 1.95. The third-order valence-electron chi connectivity index (χ3n) is 3.93. The van der Waals surface area contributed by atoms with Crippen LogP contribution >= 0.6 is 0 Å². The Kier molecular flexibility index (Phi) is 3.16. The standard InChI is InChI=1S/C17H18O/c1-18-17-15-10-6-5-9-14(15)11-12-16(17)13-7-3-2-4-8-13/h2-10,16-17H,11-12H2,1H3. The second-order valence-electron chi connectivity index (χ2n) is 4.91. The topological polar surface area (TPSA) is 9.23 Å². The molecule has 2 aromatic rings. The molecule has 0 spiro atoms. The van der Waals surface area contributed by atoms with Gasteiger partial charge >= 0.3 is 0 Å². The molecule has 0 heterocycles. The van der Waals surface area contributed by atoms with E-state index in [0.717, 1.165) is 6.42 Å². The third-order valence-corrected chi connectivity index (χ3v) is 3.93. The zero-order valence-corrected chi connectivity index (χ0v) is 10.7. The minimum Gasteiger partial charge on any atom is -0.376 e. The number of benzene rings is 2. The van der Waals surface area contributed by atoms with E-state index in [1.165, 1.54) is 23.1 Å².